The fourth-order valence-corrected chi connectivity index (χ4v) is 6.07. The first-order valence-electron chi connectivity index (χ1n) is 12.9. The molecule has 1 aliphatic heterocycles. The number of carbonyl (C=O) groups is 2. The maximum atomic E-state index is 15.0. The third-order valence-electron chi connectivity index (χ3n) is 7.82. The van der Waals surface area contributed by atoms with E-state index < -0.39 is 64.3 Å². The molecule has 216 valence electrons. The van der Waals surface area contributed by atoms with Crippen LogP contribution in [0.3, 0.4) is 0 Å². The highest BCUT2D eigenvalue weighted by Crippen LogP contribution is 2.47. The third-order valence-corrected chi connectivity index (χ3v) is 8.36. The Hall–Kier alpha value is -3.70. The Kier molecular flexibility index (Phi) is 7.93. The highest BCUT2D eigenvalue weighted by molar-refractivity contribution is 6.21. The van der Waals surface area contributed by atoms with Gasteiger partial charge in [-0.25, -0.2) is 17.6 Å². The van der Waals surface area contributed by atoms with Gasteiger partial charge in [-0.3, -0.25) is 14.6 Å². The molecule has 0 unspecified atom stereocenters. The molecule has 5 atom stereocenters. The number of carbonyl (C=O) groups excluding carboxylic acids is 2. The van der Waals surface area contributed by atoms with Crippen molar-refractivity contribution in [3.05, 3.63) is 89.2 Å². The predicted octanol–water partition coefficient (Wildman–Crippen LogP) is 4.65. The number of fused-ring (bicyclic) bond motifs is 1. The average molecular weight is 592 g/mol. The monoisotopic (exact) mass is 591 g/mol. The van der Waals surface area contributed by atoms with E-state index >= 15 is 4.39 Å². The number of rotatable bonds is 7. The summed E-state index contributed by atoms with van der Waals surface area (Å²) in [7, 11) is 1.34. The lowest BCUT2D eigenvalue weighted by Crippen LogP contribution is -2.52. The van der Waals surface area contributed by atoms with Gasteiger partial charge >= 0.3 is 0 Å². The number of aliphatic hydroxyl groups is 1. The number of ether oxygens (including phenoxy) is 1. The van der Waals surface area contributed by atoms with Crippen LogP contribution in [0.25, 0.3) is 0 Å². The Morgan fingerprint density at radius 3 is 2.66 bits per heavy atom. The number of nitrogens with zero attached hydrogens (tertiary/aromatic N) is 2. The summed E-state index contributed by atoms with van der Waals surface area (Å²) in [4.78, 5) is 31.4. The van der Waals surface area contributed by atoms with Gasteiger partial charge in [0.1, 0.15) is 17.4 Å². The van der Waals surface area contributed by atoms with Crippen LogP contribution in [0.4, 0.5) is 23.2 Å². The number of hydrogen-bond acceptors (Lipinski definition) is 5. The van der Waals surface area contributed by atoms with E-state index in [-0.39, 0.29) is 42.0 Å². The number of hydrogen-bond donors (Lipinski definition) is 2. The third kappa shape index (κ3) is 5.24. The molecule has 7 nitrogen and oxygen atoms in total. The van der Waals surface area contributed by atoms with Crippen molar-refractivity contribution in [1.82, 2.24) is 10.3 Å². The second-order valence-electron chi connectivity index (χ2n) is 10.2. The van der Waals surface area contributed by atoms with Crippen molar-refractivity contribution in [2.75, 3.05) is 18.6 Å². The fraction of sp³-hybridized carbons (Fsp3) is 0.345. The van der Waals surface area contributed by atoms with Crippen LogP contribution in [0.2, 0.25) is 0 Å². The van der Waals surface area contributed by atoms with Crippen LogP contribution < -0.4 is 15.0 Å². The zero-order chi connectivity index (χ0) is 29.5. The molecule has 5 rings (SSSR count). The highest BCUT2D eigenvalue weighted by Gasteiger charge is 2.54. The van der Waals surface area contributed by atoms with Gasteiger partial charge in [0.15, 0.2) is 5.60 Å². The second kappa shape index (κ2) is 11.3. The molecule has 12 heteroatoms. The van der Waals surface area contributed by atoms with Crippen molar-refractivity contribution < 1.29 is 37.0 Å². The summed E-state index contributed by atoms with van der Waals surface area (Å²) in [5.74, 6) is -5.00. The minimum atomic E-state index is -2.82. The normalized spacial score (nSPS) is 25.8. The minimum Gasteiger partial charge on any atom is -0.497 e. The maximum absolute atomic E-state index is 15.0. The minimum absolute atomic E-state index is 0.0239. The van der Waals surface area contributed by atoms with Crippen LogP contribution in [-0.2, 0) is 10.4 Å². The molecule has 1 aromatic heterocycles. The zero-order valence-corrected chi connectivity index (χ0v) is 22.5. The molecule has 1 aliphatic carbocycles. The summed E-state index contributed by atoms with van der Waals surface area (Å²) in [6.45, 7) is -0.246. The van der Waals surface area contributed by atoms with Crippen LogP contribution in [-0.4, -0.2) is 53.4 Å². The van der Waals surface area contributed by atoms with Crippen molar-refractivity contribution >= 4 is 29.1 Å². The number of methoxy groups -OCH3 is 1. The standard InChI is InChI=1S/C29H26ClF4N3O4/c1-41-18-5-7-23(32)21(11-18)29(40)20-6-4-17(31)10-25(20)37(28(29)39)14-16-9-19(26(33)34)24(12-22(16)30)36-27(38)15-3-2-8-35-13-15/h2-8,10-11,13,16,19,22,24,26,40H,9,12,14H2,1H3,(H,36,38)/t16-,19-,22-,24-,29-/m1/s1. The first-order valence-corrected chi connectivity index (χ1v) is 13.3. The topological polar surface area (TPSA) is 91.8 Å². The summed E-state index contributed by atoms with van der Waals surface area (Å²) in [5.41, 5.74) is -2.80. The van der Waals surface area contributed by atoms with Gasteiger partial charge in [0.05, 0.1) is 18.4 Å². The predicted molar refractivity (Wildman–Crippen MR) is 142 cm³/mol. The molecular weight excluding hydrogens is 566 g/mol. The molecule has 2 amide bonds. The number of benzene rings is 2. The Labute approximate surface area is 238 Å². The number of nitrogens with one attached hydrogen (secondary N) is 1. The first-order chi connectivity index (χ1) is 19.5. The van der Waals surface area contributed by atoms with Crippen LogP contribution in [0.1, 0.15) is 34.3 Å². The van der Waals surface area contributed by atoms with Crippen LogP contribution in [0.15, 0.2) is 60.9 Å². The number of halogens is 5. The van der Waals surface area contributed by atoms with E-state index in [1.807, 2.05) is 0 Å². The van der Waals surface area contributed by atoms with Crippen LogP contribution in [0, 0.1) is 23.5 Å². The molecule has 1 saturated carbocycles. The molecule has 0 bridgehead atoms. The summed E-state index contributed by atoms with van der Waals surface area (Å²) < 4.78 is 63.0. The van der Waals surface area contributed by atoms with Gasteiger partial charge in [-0.2, -0.15) is 0 Å². The van der Waals surface area contributed by atoms with Crippen molar-refractivity contribution in [1.29, 1.82) is 0 Å². The van der Waals surface area contributed by atoms with Gasteiger partial charge in [0.2, 0.25) is 6.43 Å². The summed E-state index contributed by atoms with van der Waals surface area (Å²) in [6, 6.07) is 8.88. The van der Waals surface area contributed by atoms with Gasteiger partial charge in [-0.1, -0.05) is 6.07 Å². The molecule has 0 saturated heterocycles. The molecule has 2 aromatic carbocycles. The van der Waals surface area contributed by atoms with Crippen molar-refractivity contribution in [2.45, 2.75) is 36.3 Å². The van der Waals surface area contributed by atoms with E-state index in [9.17, 15) is 27.9 Å². The number of anilines is 1. The molecule has 0 radical (unpaired) electrons. The van der Waals surface area contributed by atoms with Crippen LogP contribution in [0.5, 0.6) is 5.75 Å². The van der Waals surface area contributed by atoms with Crippen LogP contribution >= 0.6 is 11.6 Å². The SMILES string of the molecule is COc1ccc(F)c([C@@]2(O)C(=O)N(C[C@H]3C[C@@H](C(F)F)[C@H](NC(=O)c4cccnc4)C[C@H]3Cl)c3cc(F)ccc32)c1. The lowest BCUT2D eigenvalue weighted by atomic mass is 9.77. The van der Waals surface area contributed by atoms with E-state index in [2.05, 4.69) is 10.3 Å². The van der Waals surface area contributed by atoms with Crippen molar-refractivity contribution in [3.8, 4) is 5.75 Å². The highest BCUT2D eigenvalue weighted by atomic mass is 35.5. The maximum Gasteiger partial charge on any atom is 0.268 e. The molecule has 2 heterocycles. The van der Waals surface area contributed by atoms with Gasteiger partial charge in [0, 0.05) is 47.4 Å². The van der Waals surface area contributed by atoms with Gasteiger partial charge < -0.3 is 20.1 Å². The van der Waals surface area contributed by atoms with Crippen molar-refractivity contribution in [3.63, 3.8) is 0 Å². The lowest BCUT2D eigenvalue weighted by molar-refractivity contribution is -0.132. The van der Waals surface area contributed by atoms with E-state index in [0.29, 0.717) is 0 Å². The Balaban J connectivity index is 1.43. The number of pyridine rings is 1. The molecule has 1 fully saturated rings. The fourth-order valence-electron chi connectivity index (χ4n) is 5.69. The average Bonchev–Trinajstić information content (AvgIpc) is 3.16. The number of aromatic nitrogens is 1. The summed E-state index contributed by atoms with van der Waals surface area (Å²) in [5, 5.41) is 13.6. The lowest BCUT2D eigenvalue weighted by Gasteiger charge is -2.40. The quantitative estimate of drug-likeness (QED) is 0.308. The molecule has 0 spiro atoms. The van der Waals surface area contributed by atoms with Gasteiger partial charge in [-0.05, 0) is 61.2 Å². The van der Waals surface area contributed by atoms with E-state index in [1.54, 1.807) is 6.07 Å². The Morgan fingerprint density at radius 1 is 1.20 bits per heavy atom. The molecular formula is C29H26ClF4N3O4. The Morgan fingerprint density at radius 2 is 1.98 bits per heavy atom. The van der Waals surface area contributed by atoms with Gasteiger partial charge in [0.25, 0.3) is 11.8 Å². The summed E-state index contributed by atoms with van der Waals surface area (Å²) >= 11 is 6.65. The van der Waals surface area contributed by atoms with E-state index in [0.717, 1.165) is 23.1 Å². The van der Waals surface area contributed by atoms with Gasteiger partial charge in [-0.15, -0.1) is 11.6 Å². The van der Waals surface area contributed by atoms with Crippen molar-refractivity contribution in [2.24, 2.45) is 11.8 Å². The number of amides is 2. The van der Waals surface area contributed by atoms with E-state index in [4.69, 9.17) is 16.3 Å². The molecule has 3 aromatic rings. The Bertz CT molecular complexity index is 1460. The largest absolute Gasteiger partial charge is 0.497 e. The number of alkyl halides is 3. The zero-order valence-electron chi connectivity index (χ0n) is 21.7. The van der Waals surface area contributed by atoms with E-state index in [1.165, 1.54) is 43.8 Å². The second-order valence-corrected chi connectivity index (χ2v) is 10.8. The first kappa shape index (κ1) is 28.8. The molecule has 2 N–H and O–H groups in total. The molecule has 2 aliphatic rings. The summed E-state index contributed by atoms with van der Waals surface area (Å²) in [6.07, 6.45) is -0.225. The smallest absolute Gasteiger partial charge is 0.268 e. The molecule has 41 heavy (non-hydrogen) atoms.